The van der Waals surface area contributed by atoms with Crippen LogP contribution in [0.1, 0.15) is 102 Å². The van der Waals surface area contributed by atoms with Crippen LogP contribution in [0.4, 0.5) is 10.1 Å². The van der Waals surface area contributed by atoms with E-state index in [4.69, 9.17) is 23.2 Å². The van der Waals surface area contributed by atoms with Gasteiger partial charge in [-0.15, -0.1) is 0 Å². The van der Waals surface area contributed by atoms with Gasteiger partial charge in [0.25, 0.3) is 0 Å². The van der Waals surface area contributed by atoms with Crippen LogP contribution in [0.2, 0.25) is 10.2 Å². The molecule has 224 valence electrons. The van der Waals surface area contributed by atoms with Crippen LogP contribution in [0.15, 0.2) is 30.5 Å². The molecule has 5 nitrogen and oxygen atoms in total. The number of hydrogen-bond acceptors (Lipinski definition) is 4. The Balaban J connectivity index is 1.47. The van der Waals surface area contributed by atoms with Crippen molar-refractivity contribution in [2.45, 2.75) is 96.3 Å². The molecule has 1 amide bonds. The smallest absolute Gasteiger partial charge is 0.236 e. The van der Waals surface area contributed by atoms with E-state index in [9.17, 15) is 14.4 Å². The van der Waals surface area contributed by atoms with E-state index in [0.29, 0.717) is 30.0 Å². The molecular weight excluding hydrogens is 574 g/mol. The molecule has 2 spiro atoms. The SMILES string of the molecule is CCCC(=O)C1CC(CC(=O)[C@@H]2CC3(CCC(C)(C)CC3)[C@@]3(C(=O)Nc4cc(Cl)ccc43)[C@H]2c2ccnc(Cl)c2F)C1. The van der Waals surface area contributed by atoms with Crippen LogP contribution < -0.4 is 5.32 Å². The van der Waals surface area contributed by atoms with Crippen molar-refractivity contribution in [3.8, 4) is 0 Å². The molecule has 0 unspecified atom stereocenters. The maximum atomic E-state index is 16.0. The van der Waals surface area contributed by atoms with Crippen molar-refractivity contribution in [2.24, 2.45) is 28.6 Å². The summed E-state index contributed by atoms with van der Waals surface area (Å²) in [6.45, 7) is 6.50. The lowest BCUT2D eigenvalue weighted by atomic mass is 9.51. The zero-order valence-corrected chi connectivity index (χ0v) is 26.1. The summed E-state index contributed by atoms with van der Waals surface area (Å²) in [5.41, 5.74) is 0.105. The molecule has 0 saturated heterocycles. The van der Waals surface area contributed by atoms with E-state index >= 15 is 4.39 Å². The molecular formula is C34H39Cl2FN2O3. The highest BCUT2D eigenvalue weighted by Gasteiger charge is 2.72. The van der Waals surface area contributed by atoms with Gasteiger partial charge in [-0.25, -0.2) is 9.37 Å². The van der Waals surface area contributed by atoms with E-state index < -0.39 is 28.5 Å². The first-order valence-electron chi connectivity index (χ1n) is 15.4. The van der Waals surface area contributed by atoms with Gasteiger partial charge in [-0.2, -0.15) is 0 Å². The number of hydrogen-bond donors (Lipinski definition) is 1. The van der Waals surface area contributed by atoms with Crippen molar-refractivity contribution in [3.63, 3.8) is 0 Å². The zero-order valence-electron chi connectivity index (χ0n) is 24.6. The van der Waals surface area contributed by atoms with Crippen LogP contribution in [-0.4, -0.2) is 22.5 Å². The van der Waals surface area contributed by atoms with Crippen molar-refractivity contribution >= 4 is 46.4 Å². The van der Waals surface area contributed by atoms with Crippen LogP contribution in [0.3, 0.4) is 0 Å². The third-order valence-electron chi connectivity index (χ3n) is 11.2. The zero-order chi connectivity index (χ0) is 30.0. The average molecular weight is 614 g/mol. The Morgan fingerprint density at radius 3 is 2.48 bits per heavy atom. The molecule has 3 aliphatic carbocycles. The van der Waals surface area contributed by atoms with Gasteiger partial charge in [-0.1, -0.05) is 50.0 Å². The number of carbonyl (C=O) groups is 3. The Hall–Kier alpha value is -2.31. The molecule has 2 heterocycles. The molecule has 1 aromatic carbocycles. The first kappa shape index (κ1) is 29.7. The van der Waals surface area contributed by atoms with Crippen LogP contribution in [-0.2, 0) is 19.8 Å². The van der Waals surface area contributed by atoms with Gasteiger partial charge in [0.1, 0.15) is 11.6 Å². The minimum absolute atomic E-state index is 0.0362. The highest BCUT2D eigenvalue weighted by molar-refractivity contribution is 6.31. The number of nitrogens with zero attached hydrogens (tertiary/aromatic N) is 1. The predicted octanol–water partition coefficient (Wildman–Crippen LogP) is 8.46. The molecule has 3 fully saturated rings. The van der Waals surface area contributed by atoms with Gasteiger partial charge in [0.05, 0.1) is 5.41 Å². The second-order valence-electron chi connectivity index (χ2n) is 14.1. The minimum Gasteiger partial charge on any atom is -0.325 e. The molecule has 4 aliphatic rings. The number of rotatable bonds is 7. The predicted molar refractivity (Wildman–Crippen MR) is 162 cm³/mol. The van der Waals surface area contributed by atoms with E-state index in [1.54, 1.807) is 18.2 Å². The van der Waals surface area contributed by atoms with E-state index in [1.165, 1.54) is 6.20 Å². The lowest BCUT2D eigenvalue weighted by molar-refractivity contribution is -0.131. The number of benzene rings is 1. The van der Waals surface area contributed by atoms with Crippen LogP contribution >= 0.6 is 23.2 Å². The Kier molecular flexibility index (Phi) is 7.57. The normalized spacial score (nSPS) is 30.7. The van der Waals surface area contributed by atoms with Gasteiger partial charge in [0, 0.05) is 47.5 Å². The topological polar surface area (TPSA) is 76.1 Å². The third kappa shape index (κ3) is 4.54. The molecule has 1 aliphatic heterocycles. The fourth-order valence-electron chi connectivity index (χ4n) is 8.95. The Morgan fingerprint density at radius 1 is 1.07 bits per heavy atom. The number of anilines is 1. The highest BCUT2D eigenvalue weighted by atomic mass is 35.5. The molecule has 0 bridgehead atoms. The van der Waals surface area contributed by atoms with Gasteiger partial charge >= 0.3 is 0 Å². The fraction of sp³-hybridized carbons (Fsp3) is 0.588. The molecule has 0 radical (unpaired) electrons. The largest absolute Gasteiger partial charge is 0.325 e. The highest BCUT2D eigenvalue weighted by Crippen LogP contribution is 2.72. The molecule has 2 aromatic rings. The van der Waals surface area contributed by atoms with Crippen LogP contribution in [0.25, 0.3) is 0 Å². The van der Waals surface area contributed by atoms with Crippen molar-refractivity contribution in [3.05, 3.63) is 57.6 Å². The van der Waals surface area contributed by atoms with E-state index in [2.05, 4.69) is 24.1 Å². The van der Waals surface area contributed by atoms with Gasteiger partial charge in [0.2, 0.25) is 5.91 Å². The third-order valence-corrected chi connectivity index (χ3v) is 11.7. The van der Waals surface area contributed by atoms with Gasteiger partial charge in [-0.3, -0.25) is 14.4 Å². The summed E-state index contributed by atoms with van der Waals surface area (Å²) < 4.78 is 16.0. The fourth-order valence-corrected chi connectivity index (χ4v) is 9.29. The number of Topliss-reactive ketones (excluding diaryl/α,β-unsaturated/α-hetero) is 2. The van der Waals surface area contributed by atoms with Crippen LogP contribution in [0, 0.1) is 34.4 Å². The Bertz CT molecular complexity index is 1440. The second-order valence-corrected chi connectivity index (χ2v) is 14.9. The van der Waals surface area contributed by atoms with Crippen molar-refractivity contribution in [2.75, 3.05) is 5.32 Å². The number of halogens is 3. The summed E-state index contributed by atoms with van der Waals surface area (Å²) in [4.78, 5) is 45.3. The summed E-state index contributed by atoms with van der Waals surface area (Å²) >= 11 is 12.6. The molecule has 1 aromatic heterocycles. The van der Waals surface area contributed by atoms with E-state index in [1.807, 2.05) is 13.0 Å². The van der Waals surface area contributed by atoms with Crippen LogP contribution in [0.5, 0.6) is 0 Å². The van der Waals surface area contributed by atoms with Crippen molar-refractivity contribution < 1.29 is 18.8 Å². The van der Waals surface area contributed by atoms with Gasteiger partial charge in [0.15, 0.2) is 11.0 Å². The molecule has 6 rings (SSSR count). The number of nitrogens with one attached hydrogen (secondary N) is 1. The number of amides is 1. The summed E-state index contributed by atoms with van der Waals surface area (Å²) in [6.07, 6.45) is 8.50. The number of aromatic nitrogens is 1. The summed E-state index contributed by atoms with van der Waals surface area (Å²) in [5.74, 6) is -1.67. The Labute approximate surface area is 257 Å². The number of pyridine rings is 1. The summed E-state index contributed by atoms with van der Waals surface area (Å²) in [7, 11) is 0. The minimum atomic E-state index is -1.16. The molecule has 8 heteroatoms. The molecule has 3 atom stereocenters. The summed E-state index contributed by atoms with van der Waals surface area (Å²) in [6, 6.07) is 7.04. The molecule has 3 saturated carbocycles. The van der Waals surface area contributed by atoms with Gasteiger partial charge < -0.3 is 5.32 Å². The molecule has 1 N–H and O–H groups in total. The Morgan fingerprint density at radius 2 is 1.79 bits per heavy atom. The first-order chi connectivity index (χ1) is 19.9. The number of fused-ring (bicyclic) bond motifs is 3. The average Bonchev–Trinajstić information content (AvgIpc) is 3.37. The lowest BCUT2D eigenvalue weighted by Crippen LogP contribution is -2.52. The number of carbonyl (C=O) groups excluding carboxylic acids is 3. The second kappa shape index (κ2) is 10.7. The monoisotopic (exact) mass is 612 g/mol. The summed E-state index contributed by atoms with van der Waals surface area (Å²) in [5, 5.41) is 3.35. The lowest BCUT2D eigenvalue weighted by Gasteiger charge is -2.51. The quantitative estimate of drug-likeness (QED) is 0.318. The standard InChI is InChI=1S/C34H39Cl2FN2O3/c1-4-5-26(40)20-14-19(15-20)16-27(41)23-18-33(11-9-32(2,3)10-12-33)34(28(23)22-8-13-38-30(36)29(22)37)24-7-6-21(35)17-25(24)39-31(34)42/h6-8,13,17,19-20,23,28H,4-5,9-12,14-16,18H2,1-3H3,(H,39,42)/t19?,20?,23-,28-,34+/m0/s1. The maximum absolute atomic E-state index is 16.0. The molecule has 42 heavy (non-hydrogen) atoms. The first-order valence-corrected chi connectivity index (χ1v) is 16.1. The van der Waals surface area contributed by atoms with Crippen molar-refractivity contribution in [1.82, 2.24) is 4.98 Å². The number of ketones is 2. The van der Waals surface area contributed by atoms with Crippen molar-refractivity contribution in [1.29, 1.82) is 0 Å². The maximum Gasteiger partial charge on any atom is 0.236 e. The van der Waals surface area contributed by atoms with Gasteiger partial charge in [-0.05, 0) is 97.4 Å². The van der Waals surface area contributed by atoms with E-state index in [0.717, 1.165) is 50.5 Å². The van der Waals surface area contributed by atoms with E-state index in [-0.39, 0.29) is 45.4 Å².